The maximum atomic E-state index is 12.6. The number of aryl methyl sites for hydroxylation is 1. The highest BCUT2D eigenvalue weighted by atomic mass is 35.5. The first-order chi connectivity index (χ1) is 12.6. The topological polar surface area (TPSA) is 75.7 Å². The van der Waals surface area contributed by atoms with Gasteiger partial charge in [0.05, 0.1) is 28.6 Å². The molecule has 1 N–H and O–H groups in total. The molecule has 2 aromatic rings. The smallest absolute Gasteiger partial charge is 0.253 e. The Labute approximate surface area is 165 Å². The van der Waals surface area contributed by atoms with Gasteiger partial charge in [-0.05, 0) is 43.7 Å². The molecule has 8 heteroatoms. The summed E-state index contributed by atoms with van der Waals surface area (Å²) in [6, 6.07) is 11.9. The maximum Gasteiger partial charge on any atom is 0.253 e. The lowest BCUT2D eigenvalue weighted by Gasteiger charge is -2.19. The summed E-state index contributed by atoms with van der Waals surface area (Å²) in [6.07, 6.45) is 1.09. The molecule has 0 fully saturated rings. The van der Waals surface area contributed by atoms with Crippen molar-refractivity contribution in [3.63, 3.8) is 0 Å². The molecule has 0 aliphatic carbocycles. The Hall–Kier alpha value is -2.25. The highest BCUT2D eigenvalue weighted by Gasteiger charge is 2.18. The zero-order chi connectivity index (χ0) is 20.2. The zero-order valence-corrected chi connectivity index (χ0v) is 17.3. The summed E-state index contributed by atoms with van der Waals surface area (Å²) in [7, 11) is -2.02. The lowest BCUT2D eigenvalue weighted by molar-refractivity contribution is 0.0926. The summed E-state index contributed by atoms with van der Waals surface area (Å²) in [5.41, 5.74) is 1.57. The number of halogens is 1. The second-order valence-electron chi connectivity index (χ2n) is 6.35. The second-order valence-corrected chi connectivity index (χ2v) is 8.77. The van der Waals surface area contributed by atoms with Gasteiger partial charge in [-0.2, -0.15) is 0 Å². The van der Waals surface area contributed by atoms with Crippen LogP contribution in [0.15, 0.2) is 42.5 Å². The van der Waals surface area contributed by atoms with E-state index in [1.54, 1.807) is 6.07 Å². The monoisotopic (exact) mass is 410 g/mol. The average molecular weight is 411 g/mol. The first kappa shape index (κ1) is 21.1. The number of hydrogen-bond acceptors (Lipinski definition) is 4. The van der Waals surface area contributed by atoms with Crippen LogP contribution in [0.1, 0.15) is 22.8 Å². The van der Waals surface area contributed by atoms with Crippen molar-refractivity contribution in [2.24, 2.45) is 0 Å². The molecule has 0 bridgehead atoms. The van der Waals surface area contributed by atoms with Gasteiger partial charge in [0.2, 0.25) is 10.0 Å². The predicted octanol–water partition coefficient (Wildman–Crippen LogP) is 3.24. The van der Waals surface area contributed by atoms with E-state index in [9.17, 15) is 13.2 Å². The number of sulfonamides is 1. The van der Waals surface area contributed by atoms with Gasteiger partial charge in [0.15, 0.2) is 0 Å². The van der Waals surface area contributed by atoms with E-state index < -0.39 is 15.9 Å². The molecular weight excluding hydrogens is 388 g/mol. The molecule has 27 heavy (non-hydrogen) atoms. The third kappa shape index (κ3) is 5.61. The molecule has 2 rings (SSSR count). The molecule has 146 valence electrons. The Bertz CT molecular complexity index is 931. The van der Waals surface area contributed by atoms with Crippen LogP contribution in [0.3, 0.4) is 0 Å². The maximum absolute atomic E-state index is 12.6. The van der Waals surface area contributed by atoms with Crippen molar-refractivity contribution in [2.75, 3.05) is 24.2 Å². The molecule has 1 amide bonds. The minimum absolute atomic E-state index is 0.201. The van der Waals surface area contributed by atoms with Gasteiger partial charge in [-0.15, -0.1) is 0 Å². The number of amides is 1. The lowest BCUT2D eigenvalue weighted by Crippen LogP contribution is -2.37. The molecule has 0 radical (unpaired) electrons. The molecule has 0 spiro atoms. The minimum Gasteiger partial charge on any atom is -0.491 e. The van der Waals surface area contributed by atoms with E-state index in [4.69, 9.17) is 16.3 Å². The highest BCUT2D eigenvalue weighted by molar-refractivity contribution is 7.92. The summed E-state index contributed by atoms with van der Waals surface area (Å²) >= 11 is 6.13. The van der Waals surface area contributed by atoms with Crippen LogP contribution in [0.5, 0.6) is 5.75 Å². The van der Waals surface area contributed by atoms with Gasteiger partial charge in [-0.3, -0.25) is 9.10 Å². The van der Waals surface area contributed by atoms with Crippen molar-refractivity contribution in [3.8, 4) is 5.75 Å². The largest absolute Gasteiger partial charge is 0.491 e. The number of benzene rings is 2. The number of carbonyl (C=O) groups excluding carboxylic acids is 1. The summed E-state index contributed by atoms with van der Waals surface area (Å²) in [6.45, 7) is 4.05. The van der Waals surface area contributed by atoms with Crippen LogP contribution in [-0.2, 0) is 10.0 Å². The summed E-state index contributed by atoms with van der Waals surface area (Å²) in [5, 5.41) is 3.06. The van der Waals surface area contributed by atoms with E-state index in [2.05, 4.69) is 5.32 Å². The van der Waals surface area contributed by atoms with Crippen LogP contribution in [-0.4, -0.2) is 40.3 Å². The van der Waals surface area contributed by atoms with Crippen molar-refractivity contribution in [2.45, 2.75) is 19.9 Å². The van der Waals surface area contributed by atoms with Gasteiger partial charge in [0.25, 0.3) is 5.91 Å². The third-order valence-corrected chi connectivity index (χ3v) is 5.55. The lowest BCUT2D eigenvalue weighted by atomic mass is 10.1. The Morgan fingerprint density at radius 1 is 1.26 bits per heavy atom. The van der Waals surface area contributed by atoms with Gasteiger partial charge in [0, 0.05) is 7.05 Å². The van der Waals surface area contributed by atoms with Crippen LogP contribution in [0.25, 0.3) is 0 Å². The van der Waals surface area contributed by atoms with Crippen molar-refractivity contribution in [1.29, 1.82) is 0 Å². The fourth-order valence-electron chi connectivity index (χ4n) is 2.35. The zero-order valence-electron chi connectivity index (χ0n) is 15.7. The van der Waals surface area contributed by atoms with Gasteiger partial charge < -0.3 is 10.1 Å². The van der Waals surface area contributed by atoms with Crippen molar-refractivity contribution in [3.05, 3.63) is 58.6 Å². The molecule has 0 aliphatic rings. The van der Waals surface area contributed by atoms with Crippen molar-refractivity contribution in [1.82, 2.24) is 5.32 Å². The van der Waals surface area contributed by atoms with E-state index in [0.29, 0.717) is 5.69 Å². The first-order valence-electron chi connectivity index (χ1n) is 8.32. The molecule has 0 aliphatic heterocycles. The SMILES string of the molecule is Cc1ccccc1OC[C@@H](C)NC(=O)c1cc(N(C)S(C)(=O)=O)ccc1Cl. The van der Waals surface area contributed by atoms with Crippen LogP contribution < -0.4 is 14.4 Å². The fraction of sp³-hybridized carbons (Fsp3) is 0.316. The highest BCUT2D eigenvalue weighted by Crippen LogP contribution is 2.24. The summed E-state index contributed by atoms with van der Waals surface area (Å²) in [4.78, 5) is 12.6. The Kier molecular flexibility index (Phi) is 6.73. The van der Waals surface area contributed by atoms with Gasteiger partial charge in [0.1, 0.15) is 12.4 Å². The van der Waals surface area contributed by atoms with Gasteiger partial charge in [-0.1, -0.05) is 29.8 Å². The molecule has 0 heterocycles. The number of rotatable bonds is 7. The molecule has 0 saturated carbocycles. The van der Waals surface area contributed by atoms with Crippen LogP contribution in [0, 0.1) is 6.92 Å². The number of carbonyl (C=O) groups is 1. The van der Waals surface area contributed by atoms with Gasteiger partial charge >= 0.3 is 0 Å². The van der Waals surface area contributed by atoms with E-state index in [0.717, 1.165) is 21.9 Å². The van der Waals surface area contributed by atoms with Crippen LogP contribution in [0.4, 0.5) is 5.69 Å². The molecule has 1 atom stereocenters. The van der Waals surface area contributed by atoms with Crippen LogP contribution in [0.2, 0.25) is 5.02 Å². The molecular formula is C19H23ClN2O4S. The minimum atomic E-state index is -3.44. The Morgan fingerprint density at radius 3 is 2.56 bits per heavy atom. The quantitative estimate of drug-likeness (QED) is 0.760. The molecule has 0 unspecified atom stereocenters. The first-order valence-corrected chi connectivity index (χ1v) is 10.5. The van der Waals surface area contributed by atoms with E-state index >= 15 is 0 Å². The second kappa shape index (κ2) is 8.63. The Balaban J connectivity index is 2.07. The van der Waals surface area contributed by atoms with Crippen molar-refractivity contribution >= 4 is 33.2 Å². The van der Waals surface area contributed by atoms with E-state index in [1.165, 1.54) is 19.2 Å². The summed E-state index contributed by atoms with van der Waals surface area (Å²) < 4.78 is 30.2. The molecule has 0 saturated heterocycles. The average Bonchev–Trinajstić information content (AvgIpc) is 2.60. The summed E-state index contributed by atoms with van der Waals surface area (Å²) in [5.74, 6) is 0.359. The number of hydrogen-bond donors (Lipinski definition) is 1. The standard InChI is InChI=1S/C19H23ClN2O4S/c1-13-7-5-6-8-18(13)26-12-14(2)21-19(23)16-11-15(9-10-17(16)20)22(3)27(4,24)25/h5-11,14H,12H2,1-4H3,(H,21,23)/t14-/m1/s1. The number of nitrogens with one attached hydrogen (secondary N) is 1. The molecule has 0 aromatic heterocycles. The third-order valence-electron chi connectivity index (χ3n) is 4.02. The normalized spacial score (nSPS) is 12.3. The van der Waals surface area contributed by atoms with Gasteiger partial charge in [-0.25, -0.2) is 8.42 Å². The van der Waals surface area contributed by atoms with E-state index in [1.807, 2.05) is 38.1 Å². The molecule has 6 nitrogen and oxygen atoms in total. The number of anilines is 1. The fourth-order valence-corrected chi connectivity index (χ4v) is 3.05. The van der Waals surface area contributed by atoms with E-state index in [-0.39, 0.29) is 23.2 Å². The predicted molar refractivity (Wildman–Crippen MR) is 108 cm³/mol. The number of para-hydroxylation sites is 1. The van der Waals surface area contributed by atoms with Crippen LogP contribution >= 0.6 is 11.6 Å². The number of nitrogens with zero attached hydrogens (tertiary/aromatic N) is 1. The number of ether oxygens (including phenoxy) is 1. The van der Waals surface area contributed by atoms with Crippen molar-refractivity contribution < 1.29 is 17.9 Å². The molecule has 2 aromatic carbocycles. The Morgan fingerprint density at radius 2 is 1.93 bits per heavy atom.